The Morgan fingerprint density at radius 1 is 1.03 bits per heavy atom. The first kappa shape index (κ1) is 20.0. The van der Waals surface area contributed by atoms with Gasteiger partial charge in [-0.15, -0.1) is 10.2 Å². The molecule has 1 aliphatic rings. The van der Waals surface area contributed by atoms with Gasteiger partial charge >= 0.3 is 0 Å². The van der Waals surface area contributed by atoms with Crippen molar-refractivity contribution >= 4 is 21.5 Å². The molecule has 0 amide bonds. The number of ether oxygens (including phenoxy) is 1. The number of sulfonamides is 1. The molecule has 1 aromatic heterocycles. The van der Waals surface area contributed by atoms with Gasteiger partial charge in [-0.05, 0) is 49.2 Å². The zero-order valence-corrected chi connectivity index (χ0v) is 17.3. The van der Waals surface area contributed by atoms with E-state index in [9.17, 15) is 13.5 Å². The van der Waals surface area contributed by atoms with Crippen molar-refractivity contribution in [3.8, 4) is 22.8 Å². The molecule has 2 aromatic carbocycles. The van der Waals surface area contributed by atoms with Gasteiger partial charge in [0.15, 0.2) is 5.82 Å². The van der Waals surface area contributed by atoms with Gasteiger partial charge in [-0.2, -0.15) is 0 Å². The summed E-state index contributed by atoms with van der Waals surface area (Å²) >= 11 is 0. The topological polar surface area (TPSA) is 105 Å². The number of hydrogen-bond acceptors (Lipinski definition) is 7. The van der Waals surface area contributed by atoms with Crippen LogP contribution in [0.1, 0.15) is 12.8 Å². The van der Waals surface area contributed by atoms with E-state index >= 15 is 0 Å². The van der Waals surface area contributed by atoms with Gasteiger partial charge in [0.05, 0.1) is 12.8 Å². The highest BCUT2D eigenvalue weighted by molar-refractivity contribution is 7.92. The van der Waals surface area contributed by atoms with Crippen molar-refractivity contribution in [2.75, 3.05) is 29.8 Å². The van der Waals surface area contributed by atoms with Gasteiger partial charge in [0.2, 0.25) is 0 Å². The molecule has 2 N–H and O–H groups in total. The lowest BCUT2D eigenvalue weighted by Crippen LogP contribution is -2.19. The fraction of sp³-hybridized carbons (Fsp3) is 0.238. The van der Waals surface area contributed by atoms with Gasteiger partial charge in [0, 0.05) is 30.4 Å². The summed E-state index contributed by atoms with van der Waals surface area (Å²) in [6.45, 7) is 1.98. The number of anilines is 2. The minimum atomic E-state index is -4.02. The predicted molar refractivity (Wildman–Crippen MR) is 114 cm³/mol. The molecule has 2 heterocycles. The van der Waals surface area contributed by atoms with Crippen molar-refractivity contribution in [3.63, 3.8) is 0 Å². The Labute approximate surface area is 175 Å². The number of hydrogen-bond donors (Lipinski definition) is 2. The summed E-state index contributed by atoms with van der Waals surface area (Å²) in [5.41, 5.74) is 1.72. The molecule has 0 unspecified atom stereocenters. The Morgan fingerprint density at radius 2 is 1.83 bits per heavy atom. The molecule has 156 valence electrons. The highest BCUT2D eigenvalue weighted by atomic mass is 32.2. The van der Waals surface area contributed by atoms with Gasteiger partial charge in [-0.1, -0.05) is 12.1 Å². The van der Waals surface area contributed by atoms with E-state index in [1.807, 2.05) is 18.2 Å². The van der Waals surface area contributed by atoms with Gasteiger partial charge in [0.1, 0.15) is 16.4 Å². The van der Waals surface area contributed by atoms with Gasteiger partial charge < -0.3 is 14.7 Å². The highest BCUT2D eigenvalue weighted by Crippen LogP contribution is 2.30. The van der Waals surface area contributed by atoms with Crippen molar-refractivity contribution in [1.29, 1.82) is 0 Å². The largest absolute Gasteiger partial charge is 0.507 e. The molecule has 0 spiro atoms. The molecular formula is C21H22N4O4S. The Balaban J connectivity index is 1.57. The van der Waals surface area contributed by atoms with Gasteiger partial charge in [0.25, 0.3) is 10.0 Å². The van der Waals surface area contributed by atoms with Crippen LogP contribution in [0.3, 0.4) is 0 Å². The first-order valence-corrected chi connectivity index (χ1v) is 11.0. The molecule has 1 fully saturated rings. The van der Waals surface area contributed by atoms with Crippen LogP contribution >= 0.6 is 0 Å². The summed E-state index contributed by atoms with van der Waals surface area (Å²) in [6, 6.07) is 14.7. The van der Waals surface area contributed by atoms with E-state index in [1.54, 1.807) is 18.2 Å². The van der Waals surface area contributed by atoms with Crippen molar-refractivity contribution in [1.82, 2.24) is 10.2 Å². The Hall–Kier alpha value is -3.33. The maximum atomic E-state index is 12.8. The van der Waals surface area contributed by atoms with E-state index in [0.29, 0.717) is 17.1 Å². The van der Waals surface area contributed by atoms with Gasteiger partial charge in [-0.25, -0.2) is 8.42 Å². The average Bonchev–Trinajstić information content (AvgIpc) is 3.29. The number of benzene rings is 2. The predicted octanol–water partition coefficient (Wildman–Crippen LogP) is 3.26. The molecule has 9 heteroatoms. The third-order valence-electron chi connectivity index (χ3n) is 4.95. The number of aromatic nitrogens is 2. The molecule has 3 aromatic rings. The monoisotopic (exact) mass is 426 g/mol. The Kier molecular flexibility index (Phi) is 5.45. The second kappa shape index (κ2) is 8.19. The first-order chi connectivity index (χ1) is 14.5. The summed E-state index contributed by atoms with van der Waals surface area (Å²) in [4.78, 5) is 1.93. The average molecular weight is 426 g/mol. The number of nitrogens with zero attached hydrogens (tertiary/aromatic N) is 3. The Morgan fingerprint density at radius 3 is 2.53 bits per heavy atom. The minimum absolute atomic E-state index is 0.262. The van der Waals surface area contributed by atoms with Crippen molar-refractivity contribution in [2.45, 2.75) is 17.7 Å². The van der Waals surface area contributed by atoms with Crippen LogP contribution in [0.5, 0.6) is 11.5 Å². The lowest BCUT2D eigenvalue weighted by Gasteiger charge is -2.15. The number of phenols is 1. The summed E-state index contributed by atoms with van der Waals surface area (Å²) < 4.78 is 33.1. The number of phenolic OH excluding ortho intramolecular Hbond substituents is 1. The lowest BCUT2D eigenvalue weighted by molar-refractivity contribution is 0.408. The minimum Gasteiger partial charge on any atom is -0.507 e. The van der Waals surface area contributed by atoms with Crippen molar-refractivity contribution in [2.24, 2.45) is 0 Å². The molecule has 1 aliphatic heterocycles. The maximum absolute atomic E-state index is 12.8. The fourth-order valence-corrected chi connectivity index (χ4v) is 4.54. The van der Waals surface area contributed by atoms with Crippen LogP contribution in [0.15, 0.2) is 59.5 Å². The molecule has 0 radical (unpaired) electrons. The van der Waals surface area contributed by atoms with Crippen molar-refractivity contribution in [3.05, 3.63) is 54.6 Å². The lowest BCUT2D eigenvalue weighted by atomic mass is 10.1. The molecule has 0 bridgehead atoms. The molecule has 4 rings (SSSR count). The summed E-state index contributed by atoms with van der Waals surface area (Å²) in [5.74, 6) is 0.819. The molecule has 0 aliphatic carbocycles. The van der Waals surface area contributed by atoms with Crippen LogP contribution in [0.4, 0.5) is 11.5 Å². The number of methoxy groups -OCH3 is 1. The van der Waals surface area contributed by atoms with E-state index < -0.39 is 10.0 Å². The van der Waals surface area contributed by atoms with E-state index in [-0.39, 0.29) is 10.6 Å². The molecule has 0 atom stereocenters. The van der Waals surface area contributed by atoms with Gasteiger partial charge in [-0.3, -0.25) is 4.72 Å². The zero-order chi connectivity index (χ0) is 21.1. The van der Waals surface area contributed by atoms with Crippen molar-refractivity contribution < 1.29 is 18.3 Å². The molecule has 8 nitrogen and oxygen atoms in total. The van der Waals surface area contributed by atoms with E-state index in [2.05, 4.69) is 19.8 Å². The summed E-state index contributed by atoms with van der Waals surface area (Å²) in [6.07, 6.45) is 2.32. The van der Waals surface area contributed by atoms with Crippen LogP contribution in [0, 0.1) is 0 Å². The number of nitrogens with one attached hydrogen (secondary N) is 1. The van der Waals surface area contributed by atoms with E-state index in [0.717, 1.165) is 37.3 Å². The van der Waals surface area contributed by atoms with E-state index in [1.165, 1.54) is 25.3 Å². The SMILES string of the molecule is COc1ccc(O)c(S(=O)(=O)Nc2cccc(-c3ccc(N4CCCC4)nn3)c2)c1. The quantitative estimate of drug-likeness (QED) is 0.623. The maximum Gasteiger partial charge on any atom is 0.265 e. The van der Waals surface area contributed by atoms with Crippen LogP contribution in [-0.4, -0.2) is 43.9 Å². The van der Waals surface area contributed by atoms with Crippen LogP contribution in [0.2, 0.25) is 0 Å². The van der Waals surface area contributed by atoms with E-state index in [4.69, 9.17) is 4.74 Å². The van der Waals surface area contributed by atoms with Crippen LogP contribution in [-0.2, 0) is 10.0 Å². The fourth-order valence-electron chi connectivity index (χ4n) is 3.38. The molecule has 30 heavy (non-hydrogen) atoms. The standard InChI is InChI=1S/C21H22N4O4S/c1-29-17-7-9-19(26)20(14-17)30(27,28)24-16-6-4-5-15(13-16)18-8-10-21(23-22-18)25-11-2-3-12-25/h4-10,13-14,24,26H,2-3,11-12H2,1H3. The highest BCUT2D eigenvalue weighted by Gasteiger charge is 2.20. The number of aromatic hydroxyl groups is 1. The smallest absolute Gasteiger partial charge is 0.265 e. The first-order valence-electron chi connectivity index (χ1n) is 9.55. The second-order valence-electron chi connectivity index (χ2n) is 6.99. The Bertz CT molecular complexity index is 1140. The normalized spacial score (nSPS) is 14.0. The van der Waals surface area contributed by atoms with Crippen LogP contribution in [0.25, 0.3) is 11.3 Å². The third kappa shape index (κ3) is 4.16. The molecule has 0 saturated carbocycles. The third-order valence-corrected chi connectivity index (χ3v) is 6.36. The summed E-state index contributed by atoms with van der Waals surface area (Å²) in [7, 11) is -2.59. The molecular weight excluding hydrogens is 404 g/mol. The van der Waals surface area contributed by atoms with Crippen LogP contribution < -0.4 is 14.4 Å². The number of rotatable bonds is 6. The summed E-state index contributed by atoms with van der Waals surface area (Å²) in [5, 5.41) is 18.6. The zero-order valence-electron chi connectivity index (χ0n) is 16.4. The second-order valence-corrected chi connectivity index (χ2v) is 8.64. The molecule has 1 saturated heterocycles.